The molecule has 4 rings (SSSR count). The number of fused-ring (bicyclic) bond motifs is 1. The normalized spacial score (nSPS) is 14.8. The molecule has 0 spiro atoms. The van der Waals surface area contributed by atoms with Crippen LogP contribution < -0.4 is 9.46 Å². The van der Waals surface area contributed by atoms with Crippen molar-refractivity contribution in [2.45, 2.75) is 24.3 Å². The minimum atomic E-state index is -3.71. The van der Waals surface area contributed by atoms with E-state index in [9.17, 15) is 13.5 Å². The predicted molar refractivity (Wildman–Crippen MR) is 121 cm³/mol. The number of sulfonamides is 1. The lowest BCUT2D eigenvalue weighted by molar-refractivity contribution is 0.158. The maximum absolute atomic E-state index is 12.4. The Labute approximate surface area is 180 Å². The van der Waals surface area contributed by atoms with Crippen molar-refractivity contribution in [3.8, 4) is 11.5 Å². The molecule has 158 valence electrons. The van der Waals surface area contributed by atoms with E-state index in [1.54, 1.807) is 48.7 Å². The highest BCUT2D eigenvalue weighted by atomic mass is 32.2. The number of nitrogens with zero attached hydrogens (tertiary/aromatic N) is 2. The van der Waals surface area contributed by atoms with E-state index in [4.69, 9.17) is 4.74 Å². The van der Waals surface area contributed by atoms with Gasteiger partial charge in [0.1, 0.15) is 22.0 Å². The van der Waals surface area contributed by atoms with Crippen LogP contribution in [0.3, 0.4) is 0 Å². The summed E-state index contributed by atoms with van der Waals surface area (Å²) in [6, 6.07) is 13.2. The summed E-state index contributed by atoms with van der Waals surface area (Å²) in [6.45, 7) is 3.89. The molecule has 2 heterocycles. The highest BCUT2D eigenvalue weighted by molar-refractivity contribution is 7.92. The monoisotopic (exact) mass is 435 g/mol. The number of aromatic hydroxyl groups is 1. The lowest BCUT2D eigenvalue weighted by Gasteiger charge is -2.28. The maximum atomic E-state index is 12.4. The smallest absolute Gasteiger partial charge is 0.263 e. The van der Waals surface area contributed by atoms with Crippen molar-refractivity contribution in [1.29, 1.82) is 0 Å². The van der Waals surface area contributed by atoms with Crippen molar-refractivity contribution in [3.63, 3.8) is 0 Å². The summed E-state index contributed by atoms with van der Waals surface area (Å²) in [5.74, 6) is 0.709. The molecule has 0 atom stereocenters. The molecular weight excluding hydrogens is 414 g/mol. The van der Waals surface area contributed by atoms with Gasteiger partial charge in [-0.2, -0.15) is 0 Å². The third-order valence-electron chi connectivity index (χ3n) is 4.65. The fourth-order valence-electron chi connectivity index (χ4n) is 3.04. The van der Waals surface area contributed by atoms with Gasteiger partial charge in [0.2, 0.25) is 0 Å². The van der Waals surface area contributed by atoms with Gasteiger partial charge in [-0.25, -0.2) is 8.42 Å². The molecule has 0 saturated carbocycles. The molecule has 0 saturated heterocycles. The molecular formula is C23H21N3O4S. The van der Waals surface area contributed by atoms with Crippen molar-refractivity contribution >= 4 is 33.7 Å². The third-order valence-corrected chi connectivity index (χ3v) is 6.02. The number of rotatable bonds is 5. The highest BCUT2D eigenvalue weighted by Gasteiger charge is 2.24. The van der Waals surface area contributed by atoms with Gasteiger partial charge < -0.3 is 9.84 Å². The van der Waals surface area contributed by atoms with Crippen LogP contribution in [-0.2, 0) is 10.0 Å². The summed E-state index contributed by atoms with van der Waals surface area (Å²) >= 11 is 0. The maximum Gasteiger partial charge on any atom is 0.263 e. The van der Waals surface area contributed by atoms with Crippen molar-refractivity contribution in [3.05, 3.63) is 78.1 Å². The lowest BCUT2D eigenvalue weighted by atomic mass is 10.00. The summed E-state index contributed by atoms with van der Waals surface area (Å²) in [6.07, 6.45) is 8.08. The Balaban J connectivity index is 1.50. The number of phenolic OH excluding ortho intramolecular Hbond substituents is 1. The van der Waals surface area contributed by atoms with Crippen molar-refractivity contribution in [2.75, 3.05) is 4.72 Å². The van der Waals surface area contributed by atoms with Crippen LogP contribution in [0.4, 0.5) is 11.4 Å². The molecule has 0 fully saturated rings. The summed E-state index contributed by atoms with van der Waals surface area (Å²) in [5, 5.41) is 10.6. The van der Waals surface area contributed by atoms with Gasteiger partial charge in [0.15, 0.2) is 0 Å². The highest BCUT2D eigenvalue weighted by Crippen LogP contribution is 2.38. The second kappa shape index (κ2) is 7.88. The average Bonchev–Trinajstić information content (AvgIpc) is 2.74. The molecule has 0 radical (unpaired) electrons. The number of aliphatic imine (C=N–C) groups is 1. The standard InChI is InChI=1S/C23H21N3O4S/c1-23(2)12-11-20-21(30-23)10-5-16(22(20)27)14-25-17-6-8-18(9-7-17)26-31(28,29)19-4-3-13-24-15-19/h3-15,26-27H,1-2H3. The first-order chi connectivity index (χ1) is 14.7. The Morgan fingerprint density at radius 1 is 1.13 bits per heavy atom. The zero-order chi connectivity index (χ0) is 22.1. The molecule has 1 aliphatic heterocycles. The zero-order valence-electron chi connectivity index (χ0n) is 17.0. The summed E-state index contributed by atoms with van der Waals surface area (Å²) < 4.78 is 33.1. The van der Waals surface area contributed by atoms with Gasteiger partial charge in [-0.3, -0.25) is 14.7 Å². The van der Waals surface area contributed by atoms with E-state index < -0.39 is 15.6 Å². The number of aromatic nitrogens is 1. The quantitative estimate of drug-likeness (QED) is 0.574. The van der Waals surface area contributed by atoms with Crippen LogP contribution in [0.15, 0.2) is 76.9 Å². The van der Waals surface area contributed by atoms with E-state index in [1.807, 2.05) is 26.0 Å². The minimum Gasteiger partial charge on any atom is -0.506 e. The molecule has 8 heteroatoms. The van der Waals surface area contributed by atoms with Crippen molar-refractivity contribution < 1.29 is 18.3 Å². The molecule has 2 N–H and O–H groups in total. The van der Waals surface area contributed by atoms with Gasteiger partial charge in [0.05, 0.1) is 11.3 Å². The van der Waals surface area contributed by atoms with Gasteiger partial charge >= 0.3 is 0 Å². The van der Waals surface area contributed by atoms with E-state index in [1.165, 1.54) is 18.5 Å². The number of anilines is 1. The Hall–Kier alpha value is -3.65. The van der Waals surface area contributed by atoms with E-state index in [0.717, 1.165) is 0 Å². The largest absolute Gasteiger partial charge is 0.506 e. The number of pyridine rings is 1. The van der Waals surface area contributed by atoms with Crippen LogP contribution in [0.2, 0.25) is 0 Å². The van der Waals surface area contributed by atoms with Gasteiger partial charge in [-0.1, -0.05) is 0 Å². The molecule has 31 heavy (non-hydrogen) atoms. The summed E-state index contributed by atoms with van der Waals surface area (Å²) in [4.78, 5) is 8.29. The second-order valence-corrected chi connectivity index (χ2v) is 9.24. The fourth-order valence-corrected chi connectivity index (χ4v) is 4.06. The first-order valence-corrected chi connectivity index (χ1v) is 11.0. The zero-order valence-corrected chi connectivity index (χ0v) is 17.8. The summed E-state index contributed by atoms with van der Waals surface area (Å²) in [5.41, 5.74) is 1.75. The van der Waals surface area contributed by atoms with E-state index in [2.05, 4.69) is 14.7 Å². The third kappa shape index (κ3) is 4.59. The number of hydrogen-bond donors (Lipinski definition) is 2. The molecule has 7 nitrogen and oxygen atoms in total. The SMILES string of the molecule is CC1(C)C=Cc2c(ccc(C=Nc3ccc(NS(=O)(=O)c4cccnc4)cc3)c2O)O1. The first kappa shape index (κ1) is 20.6. The van der Waals surface area contributed by atoms with Crippen LogP contribution >= 0.6 is 0 Å². The van der Waals surface area contributed by atoms with Crippen LogP contribution in [0.25, 0.3) is 6.08 Å². The minimum absolute atomic E-state index is 0.0846. The molecule has 0 aliphatic carbocycles. The van der Waals surface area contributed by atoms with Crippen molar-refractivity contribution in [2.24, 2.45) is 4.99 Å². The molecule has 1 aromatic heterocycles. The number of nitrogens with one attached hydrogen (secondary N) is 1. The lowest BCUT2D eigenvalue weighted by Crippen LogP contribution is -2.27. The van der Waals surface area contributed by atoms with Crippen LogP contribution in [-0.4, -0.2) is 30.3 Å². The predicted octanol–water partition coefficient (Wildman–Crippen LogP) is 4.52. The van der Waals surface area contributed by atoms with Crippen molar-refractivity contribution in [1.82, 2.24) is 4.98 Å². The number of ether oxygens (including phenoxy) is 1. The molecule has 0 bridgehead atoms. The average molecular weight is 436 g/mol. The molecule has 3 aromatic rings. The van der Waals surface area contributed by atoms with E-state index in [-0.39, 0.29) is 10.6 Å². The Morgan fingerprint density at radius 2 is 1.90 bits per heavy atom. The number of hydrogen-bond acceptors (Lipinski definition) is 6. The Bertz CT molecular complexity index is 1270. The van der Waals surface area contributed by atoms with E-state index >= 15 is 0 Å². The first-order valence-electron chi connectivity index (χ1n) is 9.55. The van der Waals surface area contributed by atoms with Gasteiger partial charge in [0, 0.05) is 29.9 Å². The van der Waals surface area contributed by atoms with Gasteiger partial charge in [-0.05, 0) is 74.5 Å². The molecule has 0 unspecified atom stereocenters. The number of phenols is 1. The summed E-state index contributed by atoms with van der Waals surface area (Å²) in [7, 11) is -3.71. The van der Waals surface area contributed by atoms with Crippen LogP contribution in [0.5, 0.6) is 11.5 Å². The number of benzene rings is 2. The topological polar surface area (TPSA) is 101 Å². The fraction of sp³-hybridized carbons (Fsp3) is 0.130. The van der Waals surface area contributed by atoms with Gasteiger partial charge in [0.25, 0.3) is 10.0 Å². The molecule has 1 aliphatic rings. The van der Waals surface area contributed by atoms with Crippen LogP contribution in [0, 0.1) is 0 Å². The van der Waals surface area contributed by atoms with Crippen LogP contribution in [0.1, 0.15) is 25.0 Å². The molecule has 0 amide bonds. The van der Waals surface area contributed by atoms with E-state index in [0.29, 0.717) is 28.3 Å². The Morgan fingerprint density at radius 3 is 2.61 bits per heavy atom. The molecule has 2 aromatic carbocycles. The second-order valence-electron chi connectivity index (χ2n) is 7.55. The Kier molecular flexibility index (Phi) is 5.24. The van der Waals surface area contributed by atoms with Gasteiger partial charge in [-0.15, -0.1) is 0 Å².